The van der Waals surface area contributed by atoms with E-state index in [0.29, 0.717) is 67.0 Å². The van der Waals surface area contributed by atoms with E-state index in [1.165, 1.54) is 45.4 Å². The molecule has 0 radical (unpaired) electrons. The van der Waals surface area contributed by atoms with Crippen molar-refractivity contribution in [2.45, 2.75) is 160 Å². The number of methoxy groups -OCH3 is 1. The number of hydrogen-bond donors (Lipinski definition) is 5. The van der Waals surface area contributed by atoms with Crippen molar-refractivity contribution in [1.82, 2.24) is 10.6 Å². The molecule has 0 aromatic heterocycles. The molecule has 13 unspecified atom stereocenters. The Labute approximate surface area is 320 Å². The van der Waals surface area contributed by atoms with Gasteiger partial charge in [-0.05, 0) is 168 Å². The molecule has 0 amide bonds. The van der Waals surface area contributed by atoms with Crippen LogP contribution in [-0.2, 0) is 23.7 Å². The average molecular weight is 746 g/mol. The van der Waals surface area contributed by atoms with Crippen molar-refractivity contribution in [2.24, 2.45) is 70.3 Å². The van der Waals surface area contributed by atoms with Crippen molar-refractivity contribution in [3.63, 3.8) is 0 Å². The first kappa shape index (κ1) is 40.4. The van der Waals surface area contributed by atoms with Crippen molar-refractivity contribution in [2.75, 3.05) is 40.0 Å². The van der Waals surface area contributed by atoms with Gasteiger partial charge in [-0.3, -0.25) is 4.79 Å². The van der Waals surface area contributed by atoms with Gasteiger partial charge in [-0.1, -0.05) is 13.8 Å². The lowest BCUT2D eigenvalue weighted by molar-refractivity contribution is -0.192. The molecule has 7 fully saturated rings. The second-order valence-electron chi connectivity index (χ2n) is 19.6. The molecule has 304 valence electrons. The van der Waals surface area contributed by atoms with Crippen molar-refractivity contribution in [3.8, 4) is 0 Å². The summed E-state index contributed by atoms with van der Waals surface area (Å²) in [5.74, 6) is 4.53. The van der Waals surface area contributed by atoms with Gasteiger partial charge in [0, 0.05) is 26.5 Å². The smallest absolute Gasteiger partial charge is 0.302 e. The van der Waals surface area contributed by atoms with E-state index in [0.717, 1.165) is 71.0 Å². The van der Waals surface area contributed by atoms with E-state index < -0.39 is 6.10 Å². The van der Waals surface area contributed by atoms with Crippen LogP contribution in [0.15, 0.2) is 0 Å². The second-order valence-corrected chi connectivity index (χ2v) is 19.6. The number of aliphatic hydroxyl groups is 2. The minimum Gasteiger partial charge on any atom is -0.465 e. The van der Waals surface area contributed by atoms with Gasteiger partial charge < -0.3 is 45.5 Å². The number of carbonyl (C=O) groups excluding carboxylic acids is 1. The van der Waals surface area contributed by atoms with E-state index in [4.69, 9.17) is 24.7 Å². The van der Waals surface area contributed by atoms with Crippen LogP contribution in [0.1, 0.15) is 117 Å². The number of aliphatic hydroxyl groups excluding tert-OH is 2. The first-order valence-corrected chi connectivity index (χ1v) is 22.0. The Morgan fingerprint density at radius 3 is 2.53 bits per heavy atom. The SMILES string of the molecule is COC1CC(O)CC2C[C@]3(CC[C@@H](CC4CCC(N)NC4)C3)C3C(CCC4C3O[C@@H](C3CCC(O)C(OCCNCCC(C)C)C3)[C@H]4COC(C)=O)C21. The highest BCUT2D eigenvalue weighted by Crippen LogP contribution is 2.68. The number of piperidine rings is 1. The number of nitrogens with two attached hydrogens (primary N) is 1. The maximum Gasteiger partial charge on any atom is 0.302 e. The van der Waals surface area contributed by atoms with Crippen molar-refractivity contribution in [3.05, 3.63) is 0 Å². The van der Waals surface area contributed by atoms with Crippen molar-refractivity contribution >= 4 is 5.97 Å². The molecule has 53 heavy (non-hydrogen) atoms. The fraction of sp³-hybridized carbons (Fsp3) is 0.977. The third kappa shape index (κ3) is 9.00. The van der Waals surface area contributed by atoms with Crippen LogP contribution in [-0.4, -0.2) is 98.9 Å². The fourth-order valence-corrected chi connectivity index (χ4v) is 13.6. The maximum absolute atomic E-state index is 12.3. The number of fused-ring (bicyclic) bond motifs is 6. The summed E-state index contributed by atoms with van der Waals surface area (Å²) in [6.07, 6.45) is 15.4. The highest BCUT2D eigenvalue weighted by molar-refractivity contribution is 5.65. The Balaban J connectivity index is 1.12. The number of carbonyl (C=O) groups is 1. The molecule has 0 bridgehead atoms. The van der Waals surface area contributed by atoms with Crippen LogP contribution in [0.2, 0.25) is 0 Å². The lowest BCUT2D eigenvalue weighted by Crippen LogP contribution is -2.59. The van der Waals surface area contributed by atoms with Gasteiger partial charge in [0.1, 0.15) is 0 Å². The number of esters is 1. The Kier molecular flexibility index (Phi) is 13.5. The van der Waals surface area contributed by atoms with E-state index in [-0.39, 0.29) is 59.9 Å². The molecule has 5 saturated carbocycles. The monoisotopic (exact) mass is 746 g/mol. The average Bonchev–Trinajstić information content (AvgIpc) is 3.70. The fourth-order valence-electron chi connectivity index (χ4n) is 13.6. The number of hydrogen-bond acceptors (Lipinski definition) is 10. The molecular weight excluding hydrogens is 670 g/mol. The Hall–Kier alpha value is -0.850. The van der Waals surface area contributed by atoms with Crippen LogP contribution in [0.25, 0.3) is 0 Å². The molecule has 1 spiro atoms. The summed E-state index contributed by atoms with van der Waals surface area (Å²) in [5, 5.41) is 29.2. The molecule has 10 heteroatoms. The van der Waals surface area contributed by atoms with Gasteiger partial charge in [-0.2, -0.15) is 0 Å². The molecule has 0 aromatic rings. The molecule has 5 aliphatic carbocycles. The van der Waals surface area contributed by atoms with Gasteiger partial charge in [-0.25, -0.2) is 0 Å². The molecule has 2 aliphatic heterocycles. The zero-order valence-corrected chi connectivity index (χ0v) is 33.5. The predicted octanol–water partition coefficient (Wildman–Crippen LogP) is 5.02. The summed E-state index contributed by atoms with van der Waals surface area (Å²) in [6.45, 7) is 9.83. The van der Waals surface area contributed by atoms with Gasteiger partial charge in [0.2, 0.25) is 0 Å². The summed E-state index contributed by atoms with van der Waals surface area (Å²) in [6, 6.07) is 0. The van der Waals surface area contributed by atoms with E-state index >= 15 is 0 Å². The van der Waals surface area contributed by atoms with Crippen LogP contribution in [0.4, 0.5) is 0 Å². The molecular formula is C43H75N3O7. The zero-order valence-electron chi connectivity index (χ0n) is 33.5. The minimum atomic E-state index is -0.460. The predicted molar refractivity (Wildman–Crippen MR) is 205 cm³/mol. The molecule has 0 aromatic carbocycles. The van der Waals surface area contributed by atoms with E-state index in [2.05, 4.69) is 24.5 Å². The standard InChI is InChI=1S/C43H75N3O7/c1-25(2)12-14-45-15-16-51-36-19-29(6-9-35(36)49)41-34(24-52-26(3)47)32-7-8-33-39-30(18-31(48)20-37(39)50-4)22-43(40(33)42(32)53-41)13-11-27(21-43)17-28-5-10-38(44)46-23-28/h25,27-42,45-46,48-49H,5-24,44H2,1-4H3/t27-,28?,29?,30?,31?,32?,33?,34-,35?,36?,37?,38?,39?,40?,41-,42?,43+/m0/s1. The molecule has 7 aliphatic rings. The van der Waals surface area contributed by atoms with Gasteiger partial charge in [-0.15, -0.1) is 0 Å². The van der Waals surface area contributed by atoms with Gasteiger partial charge >= 0.3 is 5.97 Å². The summed E-state index contributed by atoms with van der Waals surface area (Å²) in [5.41, 5.74) is 6.40. The quantitative estimate of drug-likeness (QED) is 0.129. The molecule has 7 rings (SSSR count). The highest BCUT2D eigenvalue weighted by atomic mass is 16.5. The highest BCUT2D eigenvalue weighted by Gasteiger charge is 2.65. The van der Waals surface area contributed by atoms with Crippen LogP contribution < -0.4 is 16.4 Å². The molecule has 2 saturated heterocycles. The molecule has 17 atom stereocenters. The first-order chi connectivity index (χ1) is 25.5. The Morgan fingerprint density at radius 2 is 1.77 bits per heavy atom. The number of nitrogens with one attached hydrogen (secondary N) is 2. The zero-order chi connectivity index (χ0) is 37.3. The van der Waals surface area contributed by atoms with Crippen LogP contribution in [0, 0.1) is 64.6 Å². The van der Waals surface area contributed by atoms with Gasteiger partial charge in [0.05, 0.1) is 56.0 Å². The third-order valence-corrected chi connectivity index (χ3v) is 15.8. The maximum atomic E-state index is 12.3. The van der Waals surface area contributed by atoms with E-state index in [9.17, 15) is 15.0 Å². The first-order valence-electron chi connectivity index (χ1n) is 22.0. The molecule has 6 N–H and O–H groups in total. The van der Waals surface area contributed by atoms with E-state index in [1.54, 1.807) is 0 Å². The van der Waals surface area contributed by atoms with Crippen molar-refractivity contribution < 1.29 is 34.0 Å². The Morgan fingerprint density at radius 1 is 0.943 bits per heavy atom. The normalized spacial score (nSPS) is 46.9. The summed E-state index contributed by atoms with van der Waals surface area (Å²) in [4.78, 5) is 12.3. The second kappa shape index (κ2) is 17.7. The third-order valence-electron chi connectivity index (χ3n) is 15.8. The summed E-state index contributed by atoms with van der Waals surface area (Å²) < 4.78 is 26.1. The summed E-state index contributed by atoms with van der Waals surface area (Å²) in [7, 11) is 1.86. The largest absolute Gasteiger partial charge is 0.465 e. The van der Waals surface area contributed by atoms with Crippen LogP contribution in [0.3, 0.4) is 0 Å². The molecule has 2 heterocycles. The van der Waals surface area contributed by atoms with E-state index in [1.807, 2.05) is 7.11 Å². The minimum absolute atomic E-state index is 0.0123. The molecule has 10 nitrogen and oxygen atoms in total. The number of ether oxygens (including phenoxy) is 4. The number of rotatable bonds is 13. The lowest BCUT2D eigenvalue weighted by atomic mass is 9.45. The lowest BCUT2D eigenvalue weighted by Gasteiger charge is -2.61. The van der Waals surface area contributed by atoms with Crippen LogP contribution >= 0.6 is 0 Å². The Bertz CT molecular complexity index is 1180. The van der Waals surface area contributed by atoms with Gasteiger partial charge in [0.15, 0.2) is 0 Å². The summed E-state index contributed by atoms with van der Waals surface area (Å²) >= 11 is 0. The topological polar surface area (TPSA) is 145 Å². The van der Waals surface area contributed by atoms with Gasteiger partial charge in [0.25, 0.3) is 0 Å². The van der Waals surface area contributed by atoms with Crippen LogP contribution in [0.5, 0.6) is 0 Å². The van der Waals surface area contributed by atoms with Crippen molar-refractivity contribution in [1.29, 1.82) is 0 Å².